The van der Waals surface area contributed by atoms with Gasteiger partial charge in [0.25, 0.3) is 0 Å². The lowest BCUT2D eigenvalue weighted by Crippen LogP contribution is -2.51. The highest BCUT2D eigenvalue weighted by molar-refractivity contribution is 7.80. The van der Waals surface area contributed by atoms with E-state index in [1.807, 2.05) is 0 Å². The monoisotopic (exact) mass is 389 g/mol. The number of hydroxylamine groups is 2. The molecule has 1 saturated carbocycles. The normalized spacial score (nSPS) is 30.9. The topological polar surface area (TPSA) is 133 Å². The van der Waals surface area contributed by atoms with Crippen LogP contribution in [0.3, 0.4) is 0 Å². The Hall–Kier alpha value is -1.72. The molecule has 3 amide bonds. The van der Waals surface area contributed by atoms with E-state index in [0.29, 0.717) is 23.8 Å². The van der Waals surface area contributed by atoms with E-state index in [-0.39, 0.29) is 24.8 Å². The van der Waals surface area contributed by atoms with Gasteiger partial charge in [0.05, 0.1) is 12.6 Å². The molecular weight excluding hydrogens is 366 g/mol. The summed E-state index contributed by atoms with van der Waals surface area (Å²) in [6.45, 7) is 2.15. The van der Waals surface area contributed by atoms with Crippen molar-refractivity contribution in [2.24, 2.45) is 11.8 Å². The van der Waals surface area contributed by atoms with E-state index in [9.17, 15) is 22.8 Å². The van der Waals surface area contributed by atoms with E-state index in [0.717, 1.165) is 19.3 Å². The van der Waals surface area contributed by atoms with Crippen LogP contribution in [0.4, 0.5) is 4.79 Å². The van der Waals surface area contributed by atoms with Crippen LogP contribution in [-0.4, -0.2) is 65.8 Å². The fourth-order valence-corrected chi connectivity index (χ4v) is 4.26. The second-order valence-corrected chi connectivity index (χ2v) is 8.14. The van der Waals surface area contributed by atoms with Crippen molar-refractivity contribution in [3.63, 3.8) is 0 Å². The van der Waals surface area contributed by atoms with Crippen LogP contribution in [-0.2, 0) is 24.3 Å². The number of urea groups is 1. The molecular formula is C15H23N3O7S. The molecule has 0 spiro atoms. The number of carbonyl (C=O) groups excluding carboxylic acids is 3. The number of carbonyl (C=O) groups is 3. The summed E-state index contributed by atoms with van der Waals surface area (Å²) in [6.07, 6.45) is 3.46. The Morgan fingerprint density at radius 2 is 2.00 bits per heavy atom. The maximum atomic E-state index is 12.4. The van der Waals surface area contributed by atoms with Crippen LogP contribution in [0.2, 0.25) is 0 Å². The fraction of sp³-hybridized carbons (Fsp3) is 0.800. The third kappa shape index (κ3) is 3.84. The average Bonchev–Trinajstić information content (AvgIpc) is 2.75. The number of nitrogens with one attached hydrogen (secondary N) is 1. The van der Waals surface area contributed by atoms with Crippen molar-refractivity contribution in [2.45, 2.75) is 51.1 Å². The van der Waals surface area contributed by atoms with Gasteiger partial charge in [-0.3, -0.25) is 14.1 Å². The number of piperidine rings is 1. The molecule has 2 heterocycles. The average molecular weight is 389 g/mol. The van der Waals surface area contributed by atoms with Gasteiger partial charge in [-0.05, 0) is 31.6 Å². The Morgan fingerprint density at radius 1 is 1.31 bits per heavy atom. The molecule has 0 unspecified atom stereocenters. The Balaban J connectivity index is 1.53. The van der Waals surface area contributed by atoms with Crippen molar-refractivity contribution in [1.29, 1.82) is 0 Å². The van der Waals surface area contributed by atoms with Crippen molar-refractivity contribution in [1.82, 2.24) is 15.3 Å². The second-order valence-electron chi connectivity index (χ2n) is 7.14. The minimum atomic E-state index is -4.82. The molecule has 0 radical (unpaired) electrons. The fourth-order valence-electron chi connectivity index (χ4n) is 3.87. The highest BCUT2D eigenvalue weighted by Crippen LogP contribution is 2.36. The van der Waals surface area contributed by atoms with E-state index >= 15 is 0 Å². The molecule has 11 heteroatoms. The zero-order valence-electron chi connectivity index (χ0n) is 14.5. The zero-order chi connectivity index (χ0) is 19.1. The molecule has 0 aromatic heterocycles. The molecule has 3 fully saturated rings. The van der Waals surface area contributed by atoms with Crippen LogP contribution in [0, 0.1) is 11.8 Å². The minimum Gasteiger partial charge on any atom is -0.347 e. The Morgan fingerprint density at radius 3 is 2.62 bits per heavy atom. The molecule has 10 nitrogen and oxygen atoms in total. The van der Waals surface area contributed by atoms with Gasteiger partial charge >= 0.3 is 16.4 Å². The van der Waals surface area contributed by atoms with Crippen LogP contribution in [0.25, 0.3) is 0 Å². The van der Waals surface area contributed by atoms with E-state index in [4.69, 9.17) is 4.55 Å². The maximum Gasteiger partial charge on any atom is 0.418 e. The van der Waals surface area contributed by atoms with Gasteiger partial charge in [-0.1, -0.05) is 13.3 Å². The molecule has 26 heavy (non-hydrogen) atoms. The summed E-state index contributed by atoms with van der Waals surface area (Å²) in [7, 11) is -4.82. The third-order valence-corrected chi connectivity index (χ3v) is 5.85. The first-order valence-corrected chi connectivity index (χ1v) is 10.1. The largest absolute Gasteiger partial charge is 0.418 e. The predicted octanol–water partition coefficient (Wildman–Crippen LogP) is 0.111. The molecule has 3 rings (SSSR count). The zero-order valence-corrected chi connectivity index (χ0v) is 15.3. The van der Waals surface area contributed by atoms with Crippen molar-refractivity contribution in [3.05, 3.63) is 0 Å². The molecule has 2 bridgehead atoms. The molecule has 3 aliphatic rings. The lowest BCUT2D eigenvalue weighted by molar-refractivity contribution is -0.131. The van der Waals surface area contributed by atoms with Gasteiger partial charge in [-0.25, -0.2) is 4.79 Å². The first-order valence-electron chi connectivity index (χ1n) is 8.76. The van der Waals surface area contributed by atoms with E-state index in [1.54, 1.807) is 0 Å². The summed E-state index contributed by atoms with van der Waals surface area (Å²) >= 11 is 0. The van der Waals surface area contributed by atoms with Crippen LogP contribution in [0.5, 0.6) is 0 Å². The van der Waals surface area contributed by atoms with E-state index < -0.39 is 34.4 Å². The third-order valence-electron chi connectivity index (χ3n) is 5.51. The van der Waals surface area contributed by atoms with Crippen molar-refractivity contribution in [2.75, 3.05) is 13.1 Å². The highest BCUT2D eigenvalue weighted by Gasteiger charge is 2.49. The van der Waals surface area contributed by atoms with Crippen LogP contribution < -0.4 is 5.32 Å². The standard InChI is InChI=1S/C15H23N3O7S/c1-2-9-5-10(6-9)13(19)7-16-14(20)12-4-3-11-8-17(12)15(21)18(11)25-26(22,23)24/h9-12H,2-8H2,1H3,(H,16,20)(H,22,23,24)/t9?,10?,11-,12+/m1/s1. The molecule has 2 saturated heterocycles. The summed E-state index contributed by atoms with van der Waals surface area (Å²) in [5.74, 6) is 0.153. The number of hydrogen-bond donors (Lipinski definition) is 2. The lowest BCUT2D eigenvalue weighted by atomic mass is 9.71. The smallest absolute Gasteiger partial charge is 0.347 e. The quantitative estimate of drug-likeness (QED) is 0.590. The summed E-state index contributed by atoms with van der Waals surface area (Å²) in [4.78, 5) is 37.9. The van der Waals surface area contributed by atoms with Crippen molar-refractivity contribution >= 4 is 28.1 Å². The number of fused-ring (bicyclic) bond motifs is 2. The van der Waals surface area contributed by atoms with Crippen LogP contribution in [0.1, 0.15) is 39.0 Å². The molecule has 0 aromatic rings. The second kappa shape index (κ2) is 7.12. The number of Topliss-reactive ketones (excluding diaryl/α,β-unsaturated/α-hetero) is 1. The summed E-state index contributed by atoms with van der Waals surface area (Å²) in [6, 6.07) is -2.12. The molecule has 0 aromatic carbocycles. The van der Waals surface area contributed by atoms with Crippen LogP contribution >= 0.6 is 0 Å². The number of hydrogen-bond acceptors (Lipinski definition) is 6. The van der Waals surface area contributed by atoms with Crippen molar-refractivity contribution < 1.29 is 31.6 Å². The molecule has 2 aliphatic heterocycles. The number of amides is 3. The van der Waals surface area contributed by atoms with Gasteiger partial charge in [0, 0.05) is 12.5 Å². The van der Waals surface area contributed by atoms with Gasteiger partial charge < -0.3 is 10.2 Å². The number of nitrogens with zero attached hydrogens (tertiary/aromatic N) is 2. The van der Waals surface area contributed by atoms with Gasteiger partial charge in [0.15, 0.2) is 5.78 Å². The molecule has 1 aliphatic carbocycles. The Labute approximate surface area is 151 Å². The minimum absolute atomic E-state index is 0.000758. The van der Waals surface area contributed by atoms with E-state index in [2.05, 4.69) is 16.5 Å². The number of ketones is 1. The highest BCUT2D eigenvalue weighted by atomic mass is 32.3. The van der Waals surface area contributed by atoms with E-state index in [1.165, 1.54) is 4.90 Å². The van der Waals surface area contributed by atoms with Gasteiger partial charge in [0.1, 0.15) is 6.04 Å². The maximum absolute atomic E-state index is 12.4. The summed E-state index contributed by atoms with van der Waals surface area (Å²) < 4.78 is 34.8. The molecule has 146 valence electrons. The molecule has 2 atom stereocenters. The molecule has 2 N–H and O–H groups in total. The first kappa shape index (κ1) is 19.1. The van der Waals surface area contributed by atoms with Crippen LogP contribution in [0.15, 0.2) is 0 Å². The Bertz CT molecular complexity index is 704. The van der Waals surface area contributed by atoms with Crippen molar-refractivity contribution in [3.8, 4) is 0 Å². The number of rotatable bonds is 7. The summed E-state index contributed by atoms with van der Waals surface area (Å²) in [5, 5.41) is 3.18. The summed E-state index contributed by atoms with van der Waals surface area (Å²) in [5.41, 5.74) is 0. The first-order chi connectivity index (χ1) is 12.2. The Kier molecular flexibility index (Phi) is 5.22. The predicted molar refractivity (Wildman–Crippen MR) is 87.9 cm³/mol. The SMILES string of the molecule is CCC1CC(C(=O)CNC(=O)[C@@H]2CC[C@@H]3CN2C(=O)N3OS(=O)(=O)O)C1. The lowest BCUT2D eigenvalue weighted by Gasteiger charge is -2.34. The van der Waals surface area contributed by atoms with Gasteiger partial charge in [-0.2, -0.15) is 13.5 Å². The van der Waals surface area contributed by atoms with Gasteiger partial charge in [0.2, 0.25) is 5.91 Å². The van der Waals surface area contributed by atoms with Gasteiger partial charge in [-0.15, -0.1) is 4.28 Å².